The number of methoxy groups -OCH3 is 1. The molecule has 1 aliphatic rings. The first kappa shape index (κ1) is 24.1. The molecule has 0 saturated carbocycles. The molecule has 3 N–H and O–H groups in total. The highest BCUT2D eigenvalue weighted by Gasteiger charge is 2.33. The van der Waals surface area contributed by atoms with Crippen molar-refractivity contribution in [2.24, 2.45) is 5.92 Å². The van der Waals surface area contributed by atoms with Gasteiger partial charge < -0.3 is 25.6 Å². The standard InChI is InChI=1S/C22H34N4O3S/c1-4-23-22(30)26-13-10-17(11-14-26)19(21(28)24-12-7-15-29-3)25-20(27)18-9-6-5-8-16(18)2/h5-6,8-9,17,19H,4,7,10-15H2,1-3H3,(H,23,30)(H,24,28)(H,25,27). The molecule has 7 nitrogen and oxygen atoms in total. The second kappa shape index (κ2) is 12.5. The third-order valence-electron chi connectivity index (χ3n) is 5.41. The normalized spacial score (nSPS) is 15.4. The monoisotopic (exact) mass is 434 g/mol. The molecule has 0 bridgehead atoms. The minimum absolute atomic E-state index is 0.0565. The van der Waals surface area contributed by atoms with Crippen molar-refractivity contribution in [3.63, 3.8) is 0 Å². The summed E-state index contributed by atoms with van der Waals surface area (Å²) in [4.78, 5) is 28.0. The first-order chi connectivity index (χ1) is 14.5. The Morgan fingerprint density at radius 1 is 1.23 bits per heavy atom. The van der Waals surface area contributed by atoms with Crippen molar-refractivity contribution >= 4 is 29.1 Å². The predicted octanol–water partition coefficient (Wildman–Crippen LogP) is 1.85. The second-order valence-electron chi connectivity index (χ2n) is 7.56. The summed E-state index contributed by atoms with van der Waals surface area (Å²) in [5.74, 6) is -0.294. The summed E-state index contributed by atoms with van der Waals surface area (Å²) >= 11 is 5.41. The molecule has 2 rings (SSSR count). The molecule has 1 heterocycles. The van der Waals surface area contributed by atoms with Crippen LogP contribution in [0.25, 0.3) is 0 Å². The molecule has 2 amide bonds. The van der Waals surface area contributed by atoms with Crippen LogP contribution in [0, 0.1) is 12.8 Å². The lowest BCUT2D eigenvalue weighted by atomic mass is 9.88. The van der Waals surface area contributed by atoms with Crippen molar-refractivity contribution in [2.45, 2.75) is 39.2 Å². The van der Waals surface area contributed by atoms with Gasteiger partial charge in [0.2, 0.25) is 5.91 Å². The molecule has 30 heavy (non-hydrogen) atoms. The zero-order valence-corrected chi connectivity index (χ0v) is 19.0. The Bertz CT molecular complexity index is 720. The third-order valence-corrected chi connectivity index (χ3v) is 5.81. The number of carbonyl (C=O) groups excluding carboxylic acids is 2. The predicted molar refractivity (Wildman–Crippen MR) is 123 cm³/mol. The Morgan fingerprint density at radius 3 is 2.57 bits per heavy atom. The molecule has 0 spiro atoms. The zero-order valence-electron chi connectivity index (χ0n) is 18.2. The van der Waals surface area contributed by atoms with E-state index in [9.17, 15) is 9.59 Å². The number of likely N-dealkylation sites (tertiary alicyclic amines) is 1. The van der Waals surface area contributed by atoms with Gasteiger partial charge in [0.25, 0.3) is 5.91 Å². The average Bonchev–Trinajstić information content (AvgIpc) is 2.75. The fourth-order valence-corrected chi connectivity index (χ4v) is 4.01. The van der Waals surface area contributed by atoms with Gasteiger partial charge in [-0.1, -0.05) is 18.2 Å². The summed E-state index contributed by atoms with van der Waals surface area (Å²) < 4.78 is 5.05. The van der Waals surface area contributed by atoms with Crippen LogP contribution in [0.3, 0.4) is 0 Å². The summed E-state index contributed by atoms with van der Waals surface area (Å²) in [7, 11) is 1.64. The Morgan fingerprint density at radius 2 is 1.93 bits per heavy atom. The van der Waals surface area contributed by atoms with Crippen LogP contribution in [0.5, 0.6) is 0 Å². The van der Waals surface area contributed by atoms with E-state index in [1.807, 2.05) is 32.0 Å². The molecule has 1 atom stereocenters. The number of aryl methyl sites for hydroxylation is 1. The maximum atomic E-state index is 13.0. The maximum Gasteiger partial charge on any atom is 0.252 e. The largest absolute Gasteiger partial charge is 0.385 e. The summed E-state index contributed by atoms with van der Waals surface area (Å²) in [6.45, 7) is 7.35. The number of ether oxygens (including phenoxy) is 1. The Labute approximate surface area is 184 Å². The highest BCUT2D eigenvalue weighted by Crippen LogP contribution is 2.22. The average molecular weight is 435 g/mol. The van der Waals surface area contributed by atoms with E-state index in [0.29, 0.717) is 18.7 Å². The fraction of sp³-hybridized carbons (Fsp3) is 0.591. The van der Waals surface area contributed by atoms with Gasteiger partial charge in [0.05, 0.1) is 0 Å². The SMILES string of the molecule is CCNC(=S)N1CCC(C(NC(=O)c2ccccc2C)C(=O)NCCCOC)CC1. The van der Waals surface area contributed by atoms with Crippen molar-refractivity contribution in [3.05, 3.63) is 35.4 Å². The van der Waals surface area contributed by atoms with Gasteiger partial charge in [-0.2, -0.15) is 0 Å². The van der Waals surface area contributed by atoms with Crippen LogP contribution < -0.4 is 16.0 Å². The van der Waals surface area contributed by atoms with E-state index in [1.165, 1.54) is 0 Å². The van der Waals surface area contributed by atoms with Crippen molar-refractivity contribution in [1.29, 1.82) is 0 Å². The van der Waals surface area contributed by atoms with Crippen LogP contribution in [0.1, 0.15) is 42.1 Å². The van der Waals surface area contributed by atoms with Gasteiger partial charge in [0, 0.05) is 45.5 Å². The Balaban J connectivity index is 2.06. The fourth-order valence-electron chi connectivity index (χ4n) is 3.68. The number of piperidine rings is 1. The van der Waals surface area contributed by atoms with Gasteiger partial charge in [-0.25, -0.2) is 0 Å². The number of amides is 2. The molecule has 1 unspecified atom stereocenters. The van der Waals surface area contributed by atoms with Crippen molar-refractivity contribution in [1.82, 2.24) is 20.9 Å². The van der Waals surface area contributed by atoms with Crippen LogP contribution in [0.15, 0.2) is 24.3 Å². The molecule has 1 saturated heterocycles. The summed E-state index contributed by atoms with van der Waals surface area (Å²) in [6, 6.07) is 6.84. The van der Waals surface area contributed by atoms with Gasteiger partial charge in [-0.15, -0.1) is 0 Å². The molecule has 1 aromatic carbocycles. The number of thiocarbonyl (C=S) groups is 1. The number of nitrogens with zero attached hydrogens (tertiary/aromatic N) is 1. The van der Waals surface area contributed by atoms with E-state index in [2.05, 4.69) is 20.9 Å². The topological polar surface area (TPSA) is 82.7 Å². The first-order valence-electron chi connectivity index (χ1n) is 10.6. The quantitative estimate of drug-likeness (QED) is 0.407. The van der Waals surface area contributed by atoms with E-state index in [1.54, 1.807) is 13.2 Å². The molecular formula is C22H34N4O3S. The zero-order chi connectivity index (χ0) is 21.9. The second-order valence-corrected chi connectivity index (χ2v) is 7.95. The molecule has 0 aromatic heterocycles. The summed E-state index contributed by atoms with van der Waals surface area (Å²) in [5, 5.41) is 9.89. The van der Waals surface area contributed by atoms with Gasteiger partial charge in [0.15, 0.2) is 5.11 Å². The molecule has 1 aliphatic heterocycles. The smallest absolute Gasteiger partial charge is 0.252 e. The molecule has 0 radical (unpaired) electrons. The maximum absolute atomic E-state index is 13.0. The Kier molecular flexibility index (Phi) is 10.0. The molecule has 166 valence electrons. The molecule has 0 aliphatic carbocycles. The molecular weight excluding hydrogens is 400 g/mol. The minimum atomic E-state index is -0.575. The van der Waals surface area contributed by atoms with E-state index in [-0.39, 0.29) is 17.7 Å². The Hall–Kier alpha value is -2.19. The number of hydrogen-bond acceptors (Lipinski definition) is 4. The lowest BCUT2D eigenvalue weighted by Gasteiger charge is -2.37. The lowest BCUT2D eigenvalue weighted by molar-refractivity contribution is -0.124. The number of rotatable bonds is 9. The number of nitrogens with one attached hydrogen (secondary N) is 3. The van der Waals surface area contributed by atoms with E-state index in [4.69, 9.17) is 17.0 Å². The highest BCUT2D eigenvalue weighted by atomic mass is 32.1. The molecule has 1 fully saturated rings. The number of benzene rings is 1. The minimum Gasteiger partial charge on any atom is -0.385 e. The molecule has 1 aromatic rings. The summed E-state index contributed by atoms with van der Waals surface area (Å²) in [5.41, 5.74) is 1.49. The van der Waals surface area contributed by atoms with Crippen LogP contribution in [-0.4, -0.2) is 67.8 Å². The number of hydrogen-bond donors (Lipinski definition) is 3. The van der Waals surface area contributed by atoms with E-state index >= 15 is 0 Å². The van der Waals surface area contributed by atoms with Gasteiger partial charge >= 0.3 is 0 Å². The van der Waals surface area contributed by atoms with Gasteiger partial charge in [-0.3, -0.25) is 9.59 Å². The van der Waals surface area contributed by atoms with Crippen LogP contribution in [0.4, 0.5) is 0 Å². The van der Waals surface area contributed by atoms with Crippen molar-refractivity contribution in [3.8, 4) is 0 Å². The molecule has 8 heteroatoms. The van der Waals surface area contributed by atoms with Crippen LogP contribution >= 0.6 is 12.2 Å². The van der Waals surface area contributed by atoms with Gasteiger partial charge in [0.1, 0.15) is 6.04 Å². The number of carbonyl (C=O) groups is 2. The first-order valence-corrected chi connectivity index (χ1v) is 11.0. The van der Waals surface area contributed by atoms with Crippen LogP contribution in [0.2, 0.25) is 0 Å². The third kappa shape index (κ3) is 6.95. The van der Waals surface area contributed by atoms with Crippen molar-refractivity contribution in [2.75, 3.05) is 39.9 Å². The van der Waals surface area contributed by atoms with E-state index < -0.39 is 6.04 Å². The van der Waals surface area contributed by atoms with Crippen LogP contribution in [-0.2, 0) is 9.53 Å². The van der Waals surface area contributed by atoms with Crippen molar-refractivity contribution < 1.29 is 14.3 Å². The van der Waals surface area contributed by atoms with E-state index in [0.717, 1.165) is 49.6 Å². The summed E-state index contributed by atoms with van der Waals surface area (Å²) in [6.07, 6.45) is 2.31. The van der Waals surface area contributed by atoms with Gasteiger partial charge in [-0.05, 0) is 62.9 Å². The lowest BCUT2D eigenvalue weighted by Crippen LogP contribution is -2.54. The highest BCUT2D eigenvalue weighted by molar-refractivity contribution is 7.80.